The van der Waals surface area contributed by atoms with E-state index in [2.05, 4.69) is 35.5 Å². The van der Waals surface area contributed by atoms with Crippen LogP contribution in [0.1, 0.15) is 54.1 Å². The third-order valence-electron chi connectivity index (χ3n) is 5.03. The molecule has 4 aromatic carbocycles. The lowest BCUT2D eigenvalue weighted by molar-refractivity contribution is 0.111. The van der Waals surface area contributed by atoms with Gasteiger partial charge in [-0.1, -0.05) is 96.2 Å². The highest BCUT2D eigenvalue weighted by Gasteiger charge is 2.00. The number of aldehydes is 2. The van der Waals surface area contributed by atoms with Gasteiger partial charge in [-0.2, -0.15) is 0 Å². The summed E-state index contributed by atoms with van der Waals surface area (Å²) in [4.78, 5) is 22.5. The van der Waals surface area contributed by atoms with Gasteiger partial charge in [-0.05, 0) is 36.4 Å². The van der Waals surface area contributed by atoms with Crippen molar-refractivity contribution in [1.82, 2.24) is 0 Å². The Morgan fingerprint density at radius 1 is 0.353 bits per heavy atom. The fourth-order valence-corrected chi connectivity index (χ4v) is 3.23. The predicted octanol–water partition coefficient (Wildman–Crippen LogP) is 5.51. The van der Waals surface area contributed by atoms with Gasteiger partial charge in [0.25, 0.3) is 0 Å². The van der Waals surface area contributed by atoms with E-state index in [-0.39, 0.29) is 0 Å². The van der Waals surface area contributed by atoms with Gasteiger partial charge in [0.15, 0.2) is 12.6 Å². The average molecular weight is 434 g/mol. The van der Waals surface area contributed by atoms with Crippen LogP contribution >= 0.6 is 0 Å². The van der Waals surface area contributed by atoms with Gasteiger partial charge in [0, 0.05) is 44.5 Å². The normalized spacial score (nSPS) is 9.29. The molecule has 0 saturated carbocycles. The van der Waals surface area contributed by atoms with Gasteiger partial charge in [0.1, 0.15) is 0 Å². The molecule has 34 heavy (non-hydrogen) atoms. The largest absolute Gasteiger partial charge is 0.298 e. The predicted molar refractivity (Wildman–Crippen MR) is 134 cm³/mol. The number of carbonyl (C=O) groups is 2. The first kappa shape index (κ1) is 22.1. The molecule has 0 bridgehead atoms. The maximum atomic E-state index is 11.3. The molecule has 0 aliphatic heterocycles. The lowest BCUT2D eigenvalue weighted by Gasteiger charge is -1.98. The van der Waals surface area contributed by atoms with Crippen molar-refractivity contribution in [1.29, 1.82) is 0 Å². The van der Waals surface area contributed by atoms with Gasteiger partial charge < -0.3 is 0 Å². The molecule has 0 radical (unpaired) electrons. The molecule has 0 spiro atoms. The average Bonchev–Trinajstić information content (AvgIpc) is 2.90. The fraction of sp³-hybridized carbons (Fsp3) is 0. The van der Waals surface area contributed by atoms with Crippen LogP contribution in [0, 0.1) is 35.5 Å². The number of rotatable bonds is 2. The second-order valence-corrected chi connectivity index (χ2v) is 7.25. The molecule has 0 amide bonds. The van der Waals surface area contributed by atoms with Crippen molar-refractivity contribution in [2.75, 3.05) is 0 Å². The summed E-state index contributed by atoms with van der Waals surface area (Å²) in [7, 11) is 0. The molecular formula is C32H18O2. The summed E-state index contributed by atoms with van der Waals surface area (Å²) in [5, 5.41) is 0. The monoisotopic (exact) mass is 434 g/mol. The van der Waals surface area contributed by atoms with Crippen molar-refractivity contribution >= 4 is 12.6 Å². The molecule has 0 unspecified atom stereocenters. The van der Waals surface area contributed by atoms with Crippen LogP contribution in [0.25, 0.3) is 0 Å². The first-order valence-corrected chi connectivity index (χ1v) is 10.6. The summed E-state index contributed by atoms with van der Waals surface area (Å²) in [5.41, 5.74) is 5.59. The van der Waals surface area contributed by atoms with E-state index in [0.29, 0.717) is 22.3 Å². The Bertz CT molecular complexity index is 1440. The molecule has 2 heteroatoms. The Labute approximate surface area is 199 Å². The van der Waals surface area contributed by atoms with E-state index in [9.17, 15) is 9.59 Å². The minimum Gasteiger partial charge on any atom is -0.298 e. The minimum atomic E-state index is 0.558. The first-order valence-electron chi connectivity index (χ1n) is 10.6. The second-order valence-electron chi connectivity index (χ2n) is 7.25. The summed E-state index contributed by atoms with van der Waals surface area (Å²) >= 11 is 0. The molecule has 0 N–H and O–H groups in total. The number of hydrogen-bond acceptors (Lipinski definition) is 2. The Morgan fingerprint density at radius 2 is 0.588 bits per heavy atom. The molecule has 0 aromatic heterocycles. The van der Waals surface area contributed by atoms with E-state index in [4.69, 9.17) is 0 Å². The van der Waals surface area contributed by atoms with Gasteiger partial charge in [-0.15, -0.1) is 0 Å². The summed E-state index contributed by atoms with van der Waals surface area (Å²) in [6, 6.07) is 29.7. The molecule has 0 saturated heterocycles. The van der Waals surface area contributed by atoms with E-state index in [1.807, 2.05) is 84.9 Å². The van der Waals surface area contributed by atoms with E-state index < -0.39 is 0 Å². The molecular weight excluding hydrogens is 416 g/mol. The highest BCUT2D eigenvalue weighted by molar-refractivity contribution is 5.80. The minimum absolute atomic E-state index is 0.558. The zero-order valence-corrected chi connectivity index (χ0v) is 18.2. The Morgan fingerprint density at radius 3 is 0.882 bits per heavy atom. The second kappa shape index (κ2) is 11.0. The molecule has 0 atom stereocenters. The zero-order valence-electron chi connectivity index (χ0n) is 18.2. The maximum absolute atomic E-state index is 11.3. The fourth-order valence-electron chi connectivity index (χ4n) is 3.23. The molecule has 0 aliphatic rings. The van der Waals surface area contributed by atoms with Crippen molar-refractivity contribution in [3.63, 3.8) is 0 Å². The van der Waals surface area contributed by atoms with E-state index >= 15 is 0 Å². The molecule has 0 aliphatic carbocycles. The zero-order chi connectivity index (χ0) is 23.6. The van der Waals surface area contributed by atoms with Crippen LogP contribution in [0.4, 0.5) is 0 Å². The highest BCUT2D eigenvalue weighted by atomic mass is 16.1. The third-order valence-corrected chi connectivity index (χ3v) is 5.03. The van der Waals surface area contributed by atoms with E-state index in [1.165, 1.54) is 0 Å². The van der Waals surface area contributed by atoms with E-state index in [0.717, 1.165) is 34.8 Å². The van der Waals surface area contributed by atoms with Crippen LogP contribution in [0.5, 0.6) is 0 Å². The third kappa shape index (κ3) is 5.38. The molecule has 4 rings (SSSR count). The van der Waals surface area contributed by atoms with Gasteiger partial charge in [-0.3, -0.25) is 9.59 Å². The summed E-state index contributed by atoms with van der Waals surface area (Å²) < 4.78 is 0. The summed E-state index contributed by atoms with van der Waals surface area (Å²) in [6.07, 6.45) is 1.61. The molecule has 158 valence electrons. The number of carbonyl (C=O) groups excluding carboxylic acids is 2. The van der Waals surface area contributed by atoms with Gasteiger partial charge in [0.2, 0.25) is 0 Å². The van der Waals surface area contributed by atoms with Gasteiger partial charge in [-0.25, -0.2) is 0 Å². The highest BCUT2D eigenvalue weighted by Crippen LogP contribution is 2.11. The topological polar surface area (TPSA) is 34.1 Å². The van der Waals surface area contributed by atoms with Crippen molar-refractivity contribution in [2.45, 2.75) is 0 Å². The molecule has 0 heterocycles. The quantitative estimate of drug-likeness (QED) is 0.308. The number of benzene rings is 4. The Kier molecular flexibility index (Phi) is 7.13. The Hall–Kier alpha value is -5.10. The first-order chi connectivity index (χ1) is 16.8. The molecule has 2 nitrogen and oxygen atoms in total. The van der Waals surface area contributed by atoms with Crippen molar-refractivity contribution in [3.8, 4) is 35.5 Å². The van der Waals surface area contributed by atoms with Crippen molar-refractivity contribution < 1.29 is 9.59 Å². The summed E-state index contributed by atoms with van der Waals surface area (Å²) in [5.74, 6) is 18.9. The van der Waals surface area contributed by atoms with Crippen molar-refractivity contribution in [2.24, 2.45) is 0 Å². The Balaban J connectivity index is 1.68. The summed E-state index contributed by atoms with van der Waals surface area (Å²) in [6.45, 7) is 0. The van der Waals surface area contributed by atoms with E-state index in [1.54, 1.807) is 12.1 Å². The van der Waals surface area contributed by atoms with Crippen LogP contribution in [0.2, 0.25) is 0 Å². The smallest absolute Gasteiger partial charge is 0.151 e. The maximum Gasteiger partial charge on any atom is 0.151 e. The van der Waals surface area contributed by atoms with Crippen LogP contribution in [0.3, 0.4) is 0 Å². The van der Waals surface area contributed by atoms with Crippen LogP contribution in [0.15, 0.2) is 97.1 Å². The van der Waals surface area contributed by atoms with Gasteiger partial charge >= 0.3 is 0 Å². The molecule has 0 fully saturated rings. The SMILES string of the molecule is O=Cc1ccccc1C#Cc1ccccc1C#Cc1ccccc1C#Cc1ccccc1C=O. The van der Waals surface area contributed by atoms with Crippen LogP contribution in [-0.2, 0) is 0 Å². The lowest BCUT2D eigenvalue weighted by Crippen LogP contribution is -1.88. The number of hydrogen-bond donors (Lipinski definition) is 0. The lowest BCUT2D eigenvalue weighted by atomic mass is 10.0. The standard InChI is InChI=1S/C32H18O2/c33-23-31-15-7-5-13-29(31)21-19-27-11-3-1-9-25(27)17-18-26-10-2-4-12-28(26)20-22-30-14-6-8-16-32(30)24-34/h1-16,23-24H. The van der Waals surface area contributed by atoms with Crippen LogP contribution in [-0.4, -0.2) is 12.6 Å². The van der Waals surface area contributed by atoms with Crippen molar-refractivity contribution in [3.05, 3.63) is 142 Å². The van der Waals surface area contributed by atoms with Gasteiger partial charge in [0.05, 0.1) is 0 Å². The molecule has 4 aromatic rings. The van der Waals surface area contributed by atoms with Crippen LogP contribution < -0.4 is 0 Å².